The van der Waals surface area contributed by atoms with Crippen LogP contribution in [0.3, 0.4) is 0 Å². The molecule has 0 bridgehead atoms. The number of halogens is 1. The van der Waals surface area contributed by atoms with Crippen molar-refractivity contribution in [2.75, 3.05) is 18.4 Å². The predicted molar refractivity (Wildman–Crippen MR) is 112 cm³/mol. The molecule has 1 N–H and O–H groups in total. The minimum atomic E-state index is -0.727. The first-order valence-corrected chi connectivity index (χ1v) is 10.0. The first kappa shape index (κ1) is 21.5. The fraction of sp³-hybridized carbons (Fsp3) is 0.348. The van der Waals surface area contributed by atoms with E-state index in [1.807, 2.05) is 39.0 Å². The van der Waals surface area contributed by atoms with Crippen molar-refractivity contribution < 1.29 is 18.8 Å². The summed E-state index contributed by atoms with van der Waals surface area (Å²) < 4.78 is 13.1. The van der Waals surface area contributed by atoms with Crippen LogP contribution in [0.2, 0.25) is 0 Å². The number of carbonyl (C=O) groups is 3. The molecule has 158 valence electrons. The molecular weight excluding hydrogens is 385 g/mol. The average Bonchev–Trinajstić information content (AvgIpc) is 2.71. The zero-order valence-electron chi connectivity index (χ0n) is 17.4. The molecule has 1 atom stereocenters. The van der Waals surface area contributed by atoms with Gasteiger partial charge in [0, 0.05) is 25.3 Å². The number of nitrogens with zero attached hydrogens (tertiary/aromatic N) is 2. The molecule has 3 rings (SSSR count). The second-order valence-electron chi connectivity index (χ2n) is 7.58. The van der Waals surface area contributed by atoms with Crippen molar-refractivity contribution in [2.24, 2.45) is 0 Å². The third kappa shape index (κ3) is 4.67. The maximum atomic E-state index is 13.1. The summed E-state index contributed by atoms with van der Waals surface area (Å²) in [7, 11) is 0. The summed E-state index contributed by atoms with van der Waals surface area (Å²) in [5, 5.41) is 2.88. The Balaban J connectivity index is 1.68. The van der Waals surface area contributed by atoms with E-state index < -0.39 is 17.9 Å². The van der Waals surface area contributed by atoms with E-state index in [-0.39, 0.29) is 24.8 Å². The largest absolute Gasteiger partial charge is 0.328 e. The molecule has 7 heteroatoms. The van der Waals surface area contributed by atoms with E-state index in [1.165, 1.54) is 21.9 Å². The molecule has 1 saturated heterocycles. The van der Waals surface area contributed by atoms with Crippen LogP contribution in [0.5, 0.6) is 0 Å². The maximum Gasteiger partial charge on any atom is 0.312 e. The molecule has 0 aliphatic carbocycles. The molecule has 0 aromatic heterocycles. The summed E-state index contributed by atoms with van der Waals surface area (Å²) in [6.07, 6.45) is 0.397. The van der Waals surface area contributed by atoms with Crippen LogP contribution in [-0.4, -0.2) is 46.7 Å². The third-order valence-electron chi connectivity index (χ3n) is 5.33. The second-order valence-corrected chi connectivity index (χ2v) is 7.58. The lowest BCUT2D eigenvalue weighted by Gasteiger charge is -2.37. The van der Waals surface area contributed by atoms with Gasteiger partial charge in [-0.05, 0) is 49.6 Å². The van der Waals surface area contributed by atoms with Crippen LogP contribution in [0.1, 0.15) is 30.0 Å². The number of piperazine rings is 1. The molecular formula is C23H26FN3O3. The fourth-order valence-corrected chi connectivity index (χ4v) is 3.67. The van der Waals surface area contributed by atoms with Gasteiger partial charge in [0.2, 0.25) is 5.91 Å². The number of nitrogens with one attached hydrogen (secondary N) is 1. The van der Waals surface area contributed by atoms with E-state index >= 15 is 0 Å². The van der Waals surface area contributed by atoms with Gasteiger partial charge >= 0.3 is 11.8 Å². The summed E-state index contributed by atoms with van der Waals surface area (Å²) in [6, 6.07) is 10.8. The first-order valence-electron chi connectivity index (χ1n) is 10.0. The van der Waals surface area contributed by atoms with Crippen LogP contribution >= 0.6 is 0 Å². The van der Waals surface area contributed by atoms with E-state index in [2.05, 4.69) is 5.32 Å². The van der Waals surface area contributed by atoms with Crippen molar-refractivity contribution >= 4 is 23.4 Å². The van der Waals surface area contributed by atoms with E-state index in [0.29, 0.717) is 18.7 Å². The number of rotatable bonds is 6. The molecule has 1 aliphatic heterocycles. The summed E-state index contributed by atoms with van der Waals surface area (Å²) >= 11 is 0. The average molecular weight is 411 g/mol. The second kappa shape index (κ2) is 9.07. The molecule has 1 fully saturated rings. The topological polar surface area (TPSA) is 69.7 Å². The number of carbonyl (C=O) groups excluding carboxylic acids is 3. The Morgan fingerprint density at radius 2 is 1.77 bits per heavy atom. The van der Waals surface area contributed by atoms with E-state index in [1.54, 1.807) is 12.1 Å². The molecule has 6 nitrogen and oxygen atoms in total. The standard InChI is InChI=1S/C23H26FN3O3/c1-4-20(21(28)25-19-10-5-15(2)13-16(19)3)27-12-11-26(22(29)23(27)30)14-17-6-8-18(24)9-7-17/h5-10,13,20H,4,11-12,14H2,1-3H3,(H,25,28)/t20-/m0/s1. The van der Waals surface area contributed by atoms with Crippen LogP contribution in [0.25, 0.3) is 0 Å². The number of amides is 3. The van der Waals surface area contributed by atoms with Crippen molar-refractivity contribution in [3.05, 3.63) is 65.0 Å². The van der Waals surface area contributed by atoms with Gasteiger partial charge in [0.05, 0.1) is 0 Å². The van der Waals surface area contributed by atoms with E-state index in [9.17, 15) is 18.8 Å². The fourth-order valence-electron chi connectivity index (χ4n) is 3.67. The molecule has 1 heterocycles. The van der Waals surface area contributed by atoms with Crippen molar-refractivity contribution in [3.8, 4) is 0 Å². The molecule has 0 spiro atoms. The highest BCUT2D eigenvalue weighted by molar-refractivity contribution is 6.35. The van der Waals surface area contributed by atoms with Crippen molar-refractivity contribution in [3.63, 3.8) is 0 Å². The van der Waals surface area contributed by atoms with E-state index in [4.69, 9.17) is 0 Å². The number of hydrogen-bond donors (Lipinski definition) is 1. The Kier molecular flexibility index (Phi) is 6.50. The van der Waals surface area contributed by atoms with Crippen LogP contribution in [-0.2, 0) is 20.9 Å². The summed E-state index contributed by atoms with van der Waals surface area (Å²) in [4.78, 5) is 41.0. The molecule has 0 saturated carbocycles. The van der Waals surface area contributed by atoms with Crippen LogP contribution in [0.4, 0.5) is 10.1 Å². The predicted octanol–water partition coefficient (Wildman–Crippen LogP) is 3.03. The van der Waals surface area contributed by atoms with Gasteiger partial charge in [-0.25, -0.2) is 4.39 Å². The van der Waals surface area contributed by atoms with Crippen LogP contribution < -0.4 is 5.32 Å². The summed E-state index contributed by atoms with van der Waals surface area (Å²) in [6.45, 7) is 6.51. The smallest absolute Gasteiger partial charge is 0.312 e. The Bertz CT molecular complexity index is 959. The summed E-state index contributed by atoms with van der Waals surface area (Å²) in [5.74, 6) is -2.00. The summed E-state index contributed by atoms with van der Waals surface area (Å²) in [5.41, 5.74) is 3.46. The van der Waals surface area contributed by atoms with Gasteiger partial charge in [-0.2, -0.15) is 0 Å². The monoisotopic (exact) mass is 411 g/mol. The number of anilines is 1. The zero-order valence-corrected chi connectivity index (χ0v) is 17.4. The molecule has 2 aromatic rings. The van der Waals surface area contributed by atoms with Crippen molar-refractivity contribution in [1.82, 2.24) is 9.80 Å². The minimum Gasteiger partial charge on any atom is -0.328 e. The number of aryl methyl sites for hydroxylation is 2. The minimum absolute atomic E-state index is 0.226. The molecule has 2 aromatic carbocycles. The number of hydrogen-bond acceptors (Lipinski definition) is 3. The van der Waals surface area contributed by atoms with Gasteiger partial charge in [0.25, 0.3) is 0 Å². The lowest BCUT2D eigenvalue weighted by molar-refractivity contribution is -0.159. The van der Waals surface area contributed by atoms with Gasteiger partial charge in [0.1, 0.15) is 11.9 Å². The first-order chi connectivity index (χ1) is 14.3. The highest BCUT2D eigenvalue weighted by Crippen LogP contribution is 2.19. The van der Waals surface area contributed by atoms with Crippen LogP contribution in [0.15, 0.2) is 42.5 Å². The van der Waals surface area contributed by atoms with E-state index in [0.717, 1.165) is 16.7 Å². The molecule has 3 amide bonds. The van der Waals surface area contributed by atoms with Gasteiger partial charge < -0.3 is 15.1 Å². The highest BCUT2D eigenvalue weighted by Gasteiger charge is 2.38. The van der Waals surface area contributed by atoms with Gasteiger partial charge in [0.15, 0.2) is 0 Å². The highest BCUT2D eigenvalue weighted by atomic mass is 19.1. The van der Waals surface area contributed by atoms with Crippen molar-refractivity contribution in [2.45, 2.75) is 39.8 Å². The Labute approximate surface area is 175 Å². The number of benzene rings is 2. The van der Waals surface area contributed by atoms with Crippen molar-refractivity contribution in [1.29, 1.82) is 0 Å². The van der Waals surface area contributed by atoms with Gasteiger partial charge in [-0.3, -0.25) is 14.4 Å². The Morgan fingerprint density at radius 1 is 1.07 bits per heavy atom. The van der Waals surface area contributed by atoms with Crippen LogP contribution in [0, 0.1) is 19.7 Å². The zero-order chi connectivity index (χ0) is 21.8. The normalized spacial score (nSPS) is 15.3. The molecule has 0 unspecified atom stereocenters. The Hall–Kier alpha value is -3.22. The SMILES string of the molecule is CC[C@@H](C(=O)Nc1ccc(C)cc1C)N1CCN(Cc2ccc(F)cc2)C(=O)C1=O. The molecule has 30 heavy (non-hydrogen) atoms. The lowest BCUT2D eigenvalue weighted by atomic mass is 10.1. The third-order valence-corrected chi connectivity index (χ3v) is 5.33. The van der Waals surface area contributed by atoms with Gasteiger partial charge in [-0.15, -0.1) is 0 Å². The quantitative estimate of drug-likeness (QED) is 0.743. The molecule has 0 radical (unpaired) electrons. The lowest BCUT2D eigenvalue weighted by Crippen LogP contribution is -2.59. The van der Waals surface area contributed by atoms with Gasteiger partial charge in [-0.1, -0.05) is 36.8 Å². The Morgan fingerprint density at radius 3 is 2.40 bits per heavy atom. The molecule has 1 aliphatic rings. The maximum absolute atomic E-state index is 13.1.